The van der Waals surface area contributed by atoms with Crippen molar-refractivity contribution in [2.24, 2.45) is 5.10 Å². The first-order valence-electron chi connectivity index (χ1n) is 7.63. The van der Waals surface area contributed by atoms with Gasteiger partial charge >= 0.3 is 6.18 Å². The van der Waals surface area contributed by atoms with Crippen LogP contribution in [0, 0.1) is 0 Å². The maximum Gasteiger partial charge on any atom is 0.417 e. The standard InChI is InChI=1S/C18H18F3N3S/c1-12(2)13-7-9-15(10-8-13)23-17(25)24-22-11-14-5-3-4-6-16(14)18(19,20)21/h3-12H,1-2H3,(H2,23,24,25)/b22-11-. The van der Waals surface area contributed by atoms with Crippen molar-refractivity contribution < 1.29 is 13.2 Å². The second-order valence-electron chi connectivity index (χ2n) is 5.69. The van der Waals surface area contributed by atoms with E-state index in [1.807, 2.05) is 24.3 Å². The Kier molecular flexibility index (Phi) is 6.14. The molecule has 0 aliphatic rings. The first-order valence-corrected chi connectivity index (χ1v) is 8.04. The van der Waals surface area contributed by atoms with Crippen LogP contribution in [0.3, 0.4) is 0 Å². The number of nitrogens with zero attached hydrogens (tertiary/aromatic N) is 1. The molecule has 0 fully saturated rings. The Hall–Kier alpha value is -2.41. The molecule has 3 nitrogen and oxygen atoms in total. The van der Waals surface area contributed by atoms with E-state index in [-0.39, 0.29) is 10.7 Å². The van der Waals surface area contributed by atoms with Crippen LogP contribution in [0.4, 0.5) is 18.9 Å². The number of thiocarbonyl (C=S) groups is 1. The molecule has 2 rings (SSSR count). The summed E-state index contributed by atoms with van der Waals surface area (Å²) < 4.78 is 38.7. The van der Waals surface area contributed by atoms with Crippen LogP contribution in [0.5, 0.6) is 0 Å². The van der Waals surface area contributed by atoms with Gasteiger partial charge < -0.3 is 5.32 Å². The number of rotatable bonds is 4. The van der Waals surface area contributed by atoms with Crippen LogP contribution in [-0.2, 0) is 6.18 Å². The van der Waals surface area contributed by atoms with Gasteiger partial charge in [-0.2, -0.15) is 18.3 Å². The Morgan fingerprint density at radius 3 is 2.32 bits per heavy atom. The van der Waals surface area contributed by atoms with E-state index < -0.39 is 11.7 Å². The minimum absolute atomic E-state index is 0.0356. The number of hydrogen-bond donors (Lipinski definition) is 2. The van der Waals surface area contributed by atoms with Gasteiger partial charge in [-0.1, -0.05) is 44.2 Å². The Balaban J connectivity index is 1.97. The zero-order chi connectivity index (χ0) is 18.4. The number of alkyl halides is 3. The summed E-state index contributed by atoms with van der Waals surface area (Å²) in [6.45, 7) is 4.20. The van der Waals surface area contributed by atoms with Crippen molar-refractivity contribution in [3.05, 3.63) is 65.2 Å². The van der Waals surface area contributed by atoms with Crippen molar-refractivity contribution in [2.45, 2.75) is 25.9 Å². The molecule has 132 valence electrons. The number of halogens is 3. The van der Waals surface area contributed by atoms with Gasteiger partial charge in [0.2, 0.25) is 0 Å². The van der Waals surface area contributed by atoms with Gasteiger partial charge in [0.05, 0.1) is 11.8 Å². The molecule has 0 aromatic heterocycles. The predicted octanol–water partition coefficient (Wildman–Crippen LogP) is 5.15. The highest BCUT2D eigenvalue weighted by Gasteiger charge is 2.32. The van der Waals surface area contributed by atoms with Gasteiger partial charge in [0.15, 0.2) is 5.11 Å². The number of benzene rings is 2. The molecule has 0 saturated heterocycles. The van der Waals surface area contributed by atoms with E-state index in [1.54, 1.807) is 0 Å². The van der Waals surface area contributed by atoms with E-state index in [2.05, 4.69) is 29.7 Å². The van der Waals surface area contributed by atoms with Gasteiger partial charge in [-0.15, -0.1) is 0 Å². The van der Waals surface area contributed by atoms with Gasteiger partial charge in [-0.25, -0.2) is 0 Å². The van der Waals surface area contributed by atoms with E-state index in [0.717, 1.165) is 18.0 Å². The minimum atomic E-state index is -4.43. The van der Waals surface area contributed by atoms with Gasteiger partial charge in [-0.05, 0) is 41.9 Å². The summed E-state index contributed by atoms with van der Waals surface area (Å²) in [4.78, 5) is 0. The third kappa shape index (κ3) is 5.56. The molecule has 0 aliphatic carbocycles. The third-order valence-corrected chi connectivity index (χ3v) is 3.66. The summed E-state index contributed by atoms with van der Waals surface area (Å²) in [5.41, 5.74) is 3.71. The van der Waals surface area contributed by atoms with E-state index in [4.69, 9.17) is 12.2 Å². The number of hydrazone groups is 1. The summed E-state index contributed by atoms with van der Waals surface area (Å²) >= 11 is 5.08. The van der Waals surface area contributed by atoms with Gasteiger partial charge in [0.1, 0.15) is 0 Å². The Morgan fingerprint density at radius 1 is 1.08 bits per heavy atom. The smallest absolute Gasteiger partial charge is 0.331 e. The lowest BCUT2D eigenvalue weighted by Gasteiger charge is -2.10. The number of anilines is 1. The average Bonchev–Trinajstić information content (AvgIpc) is 2.55. The molecule has 0 saturated carbocycles. The maximum absolute atomic E-state index is 12.9. The molecule has 0 spiro atoms. The summed E-state index contributed by atoms with van der Waals surface area (Å²) in [6, 6.07) is 12.9. The fourth-order valence-electron chi connectivity index (χ4n) is 2.14. The van der Waals surface area contributed by atoms with Crippen LogP contribution >= 0.6 is 12.2 Å². The van der Waals surface area contributed by atoms with E-state index in [9.17, 15) is 13.2 Å². The normalized spacial score (nSPS) is 11.8. The fourth-order valence-corrected chi connectivity index (χ4v) is 2.31. The largest absolute Gasteiger partial charge is 0.417 e. The fraction of sp³-hybridized carbons (Fsp3) is 0.222. The quantitative estimate of drug-likeness (QED) is 0.447. The van der Waals surface area contributed by atoms with Gasteiger partial charge in [0, 0.05) is 11.3 Å². The molecule has 2 aromatic rings. The third-order valence-electron chi connectivity index (χ3n) is 3.47. The molecule has 0 unspecified atom stereocenters. The second-order valence-corrected chi connectivity index (χ2v) is 6.09. The lowest BCUT2D eigenvalue weighted by Crippen LogP contribution is -2.24. The molecule has 0 aliphatic heterocycles. The molecule has 0 atom stereocenters. The molecular weight excluding hydrogens is 347 g/mol. The molecule has 2 aromatic carbocycles. The maximum atomic E-state index is 12.9. The highest BCUT2D eigenvalue weighted by molar-refractivity contribution is 7.80. The number of hydrogen-bond acceptors (Lipinski definition) is 2. The highest BCUT2D eigenvalue weighted by Crippen LogP contribution is 2.31. The van der Waals surface area contributed by atoms with Crippen molar-refractivity contribution in [3.8, 4) is 0 Å². The van der Waals surface area contributed by atoms with Gasteiger partial charge in [-0.3, -0.25) is 5.43 Å². The monoisotopic (exact) mass is 365 g/mol. The predicted molar refractivity (Wildman–Crippen MR) is 98.9 cm³/mol. The molecule has 2 N–H and O–H groups in total. The van der Waals surface area contributed by atoms with E-state index >= 15 is 0 Å². The van der Waals surface area contributed by atoms with Crippen LogP contribution in [0.15, 0.2) is 53.6 Å². The van der Waals surface area contributed by atoms with Crippen molar-refractivity contribution in [3.63, 3.8) is 0 Å². The second kappa shape index (κ2) is 8.11. The first-order chi connectivity index (χ1) is 11.8. The highest BCUT2D eigenvalue weighted by atomic mass is 32.1. The molecule has 0 radical (unpaired) electrons. The summed E-state index contributed by atoms with van der Waals surface area (Å²) in [7, 11) is 0. The molecule has 7 heteroatoms. The zero-order valence-corrected chi connectivity index (χ0v) is 14.6. The lowest BCUT2D eigenvalue weighted by molar-refractivity contribution is -0.137. The molecule has 25 heavy (non-hydrogen) atoms. The van der Waals surface area contributed by atoms with Crippen molar-refractivity contribution >= 4 is 29.2 Å². The number of nitrogens with one attached hydrogen (secondary N) is 2. The molecular formula is C18H18F3N3S. The molecule has 0 bridgehead atoms. The summed E-state index contributed by atoms with van der Waals surface area (Å²) in [6.07, 6.45) is -3.34. The van der Waals surface area contributed by atoms with Crippen LogP contribution in [0.1, 0.15) is 36.5 Å². The van der Waals surface area contributed by atoms with Crippen molar-refractivity contribution in [1.82, 2.24) is 5.43 Å². The topological polar surface area (TPSA) is 36.4 Å². The van der Waals surface area contributed by atoms with E-state index in [0.29, 0.717) is 5.92 Å². The minimum Gasteiger partial charge on any atom is -0.331 e. The SMILES string of the molecule is CC(C)c1ccc(NC(=S)N/N=C\c2ccccc2C(F)(F)F)cc1. The average molecular weight is 365 g/mol. The van der Waals surface area contributed by atoms with Crippen LogP contribution in [0.2, 0.25) is 0 Å². The Bertz CT molecular complexity index is 753. The first kappa shape index (κ1) is 18.9. The van der Waals surface area contributed by atoms with Crippen LogP contribution in [-0.4, -0.2) is 11.3 Å². The molecule has 0 heterocycles. The lowest BCUT2D eigenvalue weighted by atomic mass is 10.0. The van der Waals surface area contributed by atoms with Gasteiger partial charge in [0.25, 0.3) is 0 Å². The molecule has 0 amide bonds. The van der Waals surface area contributed by atoms with Crippen LogP contribution < -0.4 is 10.7 Å². The Morgan fingerprint density at radius 2 is 1.72 bits per heavy atom. The van der Waals surface area contributed by atoms with Crippen LogP contribution in [0.25, 0.3) is 0 Å². The van der Waals surface area contributed by atoms with E-state index in [1.165, 1.54) is 23.8 Å². The zero-order valence-electron chi connectivity index (χ0n) is 13.8. The summed E-state index contributed by atoms with van der Waals surface area (Å²) in [5, 5.41) is 6.90. The van der Waals surface area contributed by atoms with Crippen molar-refractivity contribution in [1.29, 1.82) is 0 Å². The van der Waals surface area contributed by atoms with Crippen molar-refractivity contribution in [2.75, 3.05) is 5.32 Å². The Labute approximate surface area is 149 Å². The summed E-state index contributed by atoms with van der Waals surface area (Å²) in [5.74, 6) is 0.428.